The minimum Gasteiger partial charge on any atom is -0.384 e. The highest BCUT2D eigenvalue weighted by Crippen LogP contribution is 2.29. The summed E-state index contributed by atoms with van der Waals surface area (Å²) in [6.07, 6.45) is 0.502. The molecule has 1 atom stereocenters. The van der Waals surface area contributed by atoms with Gasteiger partial charge in [-0.05, 0) is 22.3 Å². The van der Waals surface area contributed by atoms with Gasteiger partial charge in [-0.2, -0.15) is 0 Å². The van der Waals surface area contributed by atoms with Gasteiger partial charge in [-0.25, -0.2) is 0 Å². The normalized spacial score (nSPS) is 13.5. The van der Waals surface area contributed by atoms with Crippen molar-refractivity contribution >= 4 is 11.6 Å². The van der Waals surface area contributed by atoms with Crippen LogP contribution in [0.3, 0.4) is 0 Å². The fraction of sp³-hybridized carbons (Fsp3) is 0.143. The third kappa shape index (κ3) is 3.64. The van der Waals surface area contributed by atoms with Crippen LogP contribution < -0.4 is 0 Å². The monoisotopic (exact) mass is 322 g/mol. The second-order valence-corrected chi connectivity index (χ2v) is 6.04. The third-order valence-electron chi connectivity index (χ3n) is 4.09. The van der Waals surface area contributed by atoms with Gasteiger partial charge >= 0.3 is 0 Å². The Morgan fingerprint density at radius 3 is 1.78 bits per heavy atom. The van der Waals surface area contributed by atoms with Crippen LogP contribution in [0, 0.1) is 0 Å². The summed E-state index contributed by atoms with van der Waals surface area (Å²) >= 11 is 6.10. The molecule has 1 nitrogen and oxygen atoms in total. The van der Waals surface area contributed by atoms with Crippen LogP contribution in [0.1, 0.15) is 11.1 Å². The van der Waals surface area contributed by atoms with E-state index in [0.717, 1.165) is 22.3 Å². The molecule has 1 unspecified atom stereocenters. The van der Waals surface area contributed by atoms with E-state index in [1.54, 1.807) is 0 Å². The Labute approximate surface area is 142 Å². The molecule has 0 aromatic heterocycles. The summed E-state index contributed by atoms with van der Waals surface area (Å²) in [4.78, 5) is 0. The summed E-state index contributed by atoms with van der Waals surface area (Å²) in [6, 6.07) is 28.1. The van der Waals surface area contributed by atoms with Gasteiger partial charge in [0.1, 0.15) is 5.60 Å². The molecule has 1 N–H and O–H groups in total. The molecule has 116 valence electrons. The van der Waals surface area contributed by atoms with Crippen molar-refractivity contribution in [1.82, 2.24) is 0 Å². The molecule has 0 saturated heterocycles. The summed E-state index contributed by atoms with van der Waals surface area (Å²) in [5, 5.41) is 11.0. The maximum atomic E-state index is 11.0. The van der Waals surface area contributed by atoms with Crippen LogP contribution in [0.5, 0.6) is 0 Å². The third-order valence-corrected chi connectivity index (χ3v) is 4.53. The summed E-state index contributed by atoms with van der Waals surface area (Å²) in [7, 11) is 0. The number of hydrogen-bond donors (Lipinski definition) is 1. The molecular formula is C21H19ClO. The molecule has 0 fully saturated rings. The quantitative estimate of drug-likeness (QED) is 0.654. The Balaban J connectivity index is 1.87. The zero-order valence-corrected chi connectivity index (χ0v) is 13.6. The van der Waals surface area contributed by atoms with Crippen molar-refractivity contribution in [1.29, 1.82) is 0 Å². The summed E-state index contributed by atoms with van der Waals surface area (Å²) in [6.45, 7) is 0. The molecular weight excluding hydrogens is 304 g/mol. The number of alkyl halides is 1. The number of halogens is 1. The smallest absolute Gasteiger partial charge is 0.107 e. The minimum absolute atomic E-state index is 0.159. The average molecular weight is 323 g/mol. The Kier molecular flexibility index (Phi) is 4.80. The second-order valence-electron chi connectivity index (χ2n) is 5.77. The Morgan fingerprint density at radius 2 is 1.22 bits per heavy atom. The maximum Gasteiger partial charge on any atom is 0.107 e. The van der Waals surface area contributed by atoms with E-state index in [0.29, 0.717) is 6.42 Å². The van der Waals surface area contributed by atoms with Gasteiger partial charge < -0.3 is 5.11 Å². The van der Waals surface area contributed by atoms with Crippen LogP contribution in [0.25, 0.3) is 11.1 Å². The van der Waals surface area contributed by atoms with Crippen LogP contribution in [0.2, 0.25) is 0 Å². The lowest BCUT2D eigenvalue weighted by atomic mass is 9.88. The van der Waals surface area contributed by atoms with Crippen molar-refractivity contribution in [2.75, 3.05) is 5.88 Å². The van der Waals surface area contributed by atoms with Gasteiger partial charge in [-0.15, -0.1) is 11.6 Å². The molecule has 0 aliphatic rings. The van der Waals surface area contributed by atoms with E-state index in [-0.39, 0.29) is 5.88 Å². The number of rotatable bonds is 5. The van der Waals surface area contributed by atoms with Crippen molar-refractivity contribution in [2.45, 2.75) is 12.0 Å². The number of aliphatic hydroxyl groups is 1. The lowest BCUT2D eigenvalue weighted by Gasteiger charge is -2.26. The highest BCUT2D eigenvalue weighted by atomic mass is 35.5. The van der Waals surface area contributed by atoms with Gasteiger partial charge in [-0.1, -0.05) is 84.9 Å². The first-order valence-corrected chi connectivity index (χ1v) is 8.23. The molecule has 23 heavy (non-hydrogen) atoms. The molecule has 0 aliphatic heterocycles. The number of hydrogen-bond acceptors (Lipinski definition) is 1. The molecule has 3 rings (SSSR count). The predicted octanol–water partition coefficient (Wildman–Crippen LogP) is 5.02. The molecule has 0 radical (unpaired) electrons. The lowest BCUT2D eigenvalue weighted by Crippen LogP contribution is -2.30. The molecule has 0 saturated carbocycles. The molecule has 2 heteroatoms. The first-order chi connectivity index (χ1) is 11.2. The highest BCUT2D eigenvalue weighted by Gasteiger charge is 2.28. The molecule has 0 heterocycles. The molecule has 3 aromatic rings. The van der Waals surface area contributed by atoms with Gasteiger partial charge in [0.2, 0.25) is 0 Å². The second kappa shape index (κ2) is 6.99. The Morgan fingerprint density at radius 1 is 0.696 bits per heavy atom. The summed E-state index contributed by atoms with van der Waals surface area (Å²) < 4.78 is 0. The minimum atomic E-state index is -1.06. The highest BCUT2D eigenvalue weighted by molar-refractivity contribution is 6.18. The van der Waals surface area contributed by atoms with Crippen molar-refractivity contribution in [2.24, 2.45) is 0 Å². The van der Waals surface area contributed by atoms with E-state index in [9.17, 15) is 5.11 Å². The molecule has 0 amide bonds. The first kappa shape index (κ1) is 15.8. The zero-order valence-electron chi connectivity index (χ0n) is 12.8. The predicted molar refractivity (Wildman–Crippen MR) is 96.6 cm³/mol. The van der Waals surface area contributed by atoms with Crippen molar-refractivity contribution < 1.29 is 5.11 Å². The zero-order chi connectivity index (χ0) is 16.1. The summed E-state index contributed by atoms with van der Waals surface area (Å²) in [5.41, 5.74) is 3.15. The Bertz CT molecular complexity index is 738. The van der Waals surface area contributed by atoms with E-state index < -0.39 is 5.60 Å². The lowest BCUT2D eigenvalue weighted by molar-refractivity contribution is 0.0614. The molecule has 3 aromatic carbocycles. The fourth-order valence-corrected chi connectivity index (χ4v) is 3.01. The van der Waals surface area contributed by atoms with Gasteiger partial charge in [0, 0.05) is 6.42 Å². The van der Waals surface area contributed by atoms with Crippen LogP contribution >= 0.6 is 11.6 Å². The molecule has 0 spiro atoms. The maximum absolute atomic E-state index is 11.0. The van der Waals surface area contributed by atoms with Crippen LogP contribution in [-0.2, 0) is 12.0 Å². The van der Waals surface area contributed by atoms with Crippen molar-refractivity contribution in [3.63, 3.8) is 0 Å². The van der Waals surface area contributed by atoms with E-state index in [2.05, 4.69) is 12.1 Å². The van der Waals surface area contributed by atoms with E-state index in [1.165, 1.54) is 0 Å². The van der Waals surface area contributed by atoms with E-state index >= 15 is 0 Å². The standard InChI is InChI=1S/C21H19ClO/c22-16-21(23,15-17-7-3-1-4-8-17)20-13-11-19(12-14-20)18-9-5-2-6-10-18/h1-14,23H,15-16H2. The van der Waals surface area contributed by atoms with Gasteiger partial charge in [0.15, 0.2) is 0 Å². The van der Waals surface area contributed by atoms with Gasteiger partial charge in [0.05, 0.1) is 5.88 Å². The molecule has 0 bridgehead atoms. The average Bonchev–Trinajstić information content (AvgIpc) is 2.63. The topological polar surface area (TPSA) is 20.2 Å². The Hall–Kier alpha value is -2.09. The first-order valence-electron chi connectivity index (χ1n) is 7.69. The van der Waals surface area contributed by atoms with Crippen LogP contribution in [0.4, 0.5) is 0 Å². The van der Waals surface area contributed by atoms with Crippen molar-refractivity contribution in [3.05, 3.63) is 96.1 Å². The van der Waals surface area contributed by atoms with E-state index in [1.807, 2.05) is 72.8 Å². The van der Waals surface area contributed by atoms with Gasteiger partial charge in [0.25, 0.3) is 0 Å². The van der Waals surface area contributed by atoms with E-state index in [4.69, 9.17) is 11.6 Å². The van der Waals surface area contributed by atoms with Crippen LogP contribution in [-0.4, -0.2) is 11.0 Å². The van der Waals surface area contributed by atoms with Crippen molar-refractivity contribution in [3.8, 4) is 11.1 Å². The molecule has 0 aliphatic carbocycles. The number of benzene rings is 3. The largest absolute Gasteiger partial charge is 0.384 e. The fourth-order valence-electron chi connectivity index (χ4n) is 2.76. The summed E-state index contributed by atoms with van der Waals surface area (Å²) in [5.74, 6) is 0.159. The SMILES string of the molecule is OC(CCl)(Cc1ccccc1)c1ccc(-c2ccccc2)cc1. The van der Waals surface area contributed by atoms with Crippen LogP contribution in [0.15, 0.2) is 84.9 Å². The van der Waals surface area contributed by atoms with Gasteiger partial charge in [-0.3, -0.25) is 0 Å².